The second kappa shape index (κ2) is 6.32. The van der Waals surface area contributed by atoms with Crippen LogP contribution >= 0.6 is 11.6 Å². The lowest BCUT2D eigenvalue weighted by atomic mass is 9.89. The molecule has 1 heterocycles. The standard InChI is InChI=1S/C13H17ClN2O3/c1-15-12-4-5-19-8-10(12)6-9-2-3-11(14)7-13(9)16(17)18/h2-3,7,10,12,15H,4-6,8H2,1H3. The third-order valence-corrected chi connectivity index (χ3v) is 3.81. The van der Waals surface area contributed by atoms with Crippen LogP contribution in [0, 0.1) is 16.0 Å². The molecular weight excluding hydrogens is 268 g/mol. The monoisotopic (exact) mass is 284 g/mol. The fourth-order valence-electron chi connectivity index (χ4n) is 2.54. The Labute approximate surface area is 117 Å². The highest BCUT2D eigenvalue weighted by molar-refractivity contribution is 6.30. The summed E-state index contributed by atoms with van der Waals surface area (Å²) in [5.74, 6) is 0.249. The van der Waals surface area contributed by atoms with Crippen LogP contribution in [-0.2, 0) is 11.2 Å². The van der Waals surface area contributed by atoms with Crippen LogP contribution in [-0.4, -0.2) is 31.2 Å². The fraction of sp³-hybridized carbons (Fsp3) is 0.538. The quantitative estimate of drug-likeness (QED) is 0.681. The van der Waals surface area contributed by atoms with Crippen molar-refractivity contribution in [3.63, 3.8) is 0 Å². The third kappa shape index (κ3) is 3.43. The lowest BCUT2D eigenvalue weighted by molar-refractivity contribution is -0.385. The molecule has 1 aliphatic rings. The van der Waals surface area contributed by atoms with Gasteiger partial charge in [0.2, 0.25) is 0 Å². The molecule has 6 heteroatoms. The first kappa shape index (κ1) is 14.2. The summed E-state index contributed by atoms with van der Waals surface area (Å²) < 4.78 is 5.47. The number of hydrogen-bond acceptors (Lipinski definition) is 4. The molecule has 0 spiro atoms. The van der Waals surface area contributed by atoms with E-state index in [-0.39, 0.29) is 16.5 Å². The van der Waals surface area contributed by atoms with Gasteiger partial charge in [-0.25, -0.2) is 0 Å². The van der Waals surface area contributed by atoms with E-state index in [2.05, 4.69) is 5.32 Å². The Morgan fingerprint density at radius 3 is 3.05 bits per heavy atom. The van der Waals surface area contributed by atoms with Gasteiger partial charge in [-0.15, -0.1) is 0 Å². The summed E-state index contributed by atoms with van der Waals surface area (Å²) in [6.07, 6.45) is 1.56. The minimum absolute atomic E-state index is 0.0907. The maximum atomic E-state index is 11.1. The number of ether oxygens (including phenoxy) is 1. The molecule has 1 saturated heterocycles. The minimum atomic E-state index is -0.376. The highest BCUT2D eigenvalue weighted by Crippen LogP contribution is 2.28. The van der Waals surface area contributed by atoms with Crippen LogP contribution in [0.3, 0.4) is 0 Å². The molecule has 104 valence electrons. The van der Waals surface area contributed by atoms with E-state index in [4.69, 9.17) is 16.3 Å². The van der Waals surface area contributed by atoms with E-state index in [9.17, 15) is 10.1 Å². The van der Waals surface area contributed by atoms with Gasteiger partial charge in [0.05, 0.1) is 11.5 Å². The summed E-state index contributed by atoms with van der Waals surface area (Å²) in [4.78, 5) is 10.7. The van der Waals surface area contributed by atoms with E-state index in [1.807, 2.05) is 7.05 Å². The molecule has 1 aromatic carbocycles. The summed E-state index contributed by atoms with van der Waals surface area (Å²) in [6, 6.07) is 5.18. The van der Waals surface area contributed by atoms with Crippen LogP contribution in [0.25, 0.3) is 0 Å². The highest BCUT2D eigenvalue weighted by atomic mass is 35.5. The maximum absolute atomic E-state index is 11.1. The molecule has 1 N–H and O–H groups in total. The first-order valence-electron chi connectivity index (χ1n) is 6.29. The van der Waals surface area contributed by atoms with Gasteiger partial charge in [0.25, 0.3) is 5.69 Å². The van der Waals surface area contributed by atoms with Crippen molar-refractivity contribution in [2.45, 2.75) is 18.9 Å². The van der Waals surface area contributed by atoms with Crippen molar-refractivity contribution in [3.8, 4) is 0 Å². The lowest BCUT2D eigenvalue weighted by Crippen LogP contribution is -2.42. The Morgan fingerprint density at radius 2 is 2.37 bits per heavy atom. The van der Waals surface area contributed by atoms with E-state index in [0.29, 0.717) is 29.7 Å². The van der Waals surface area contributed by atoms with Gasteiger partial charge in [-0.2, -0.15) is 0 Å². The van der Waals surface area contributed by atoms with Crippen molar-refractivity contribution < 1.29 is 9.66 Å². The number of nitro groups is 1. The molecule has 0 amide bonds. The van der Waals surface area contributed by atoms with E-state index in [1.165, 1.54) is 6.07 Å². The molecule has 5 nitrogen and oxygen atoms in total. The van der Waals surface area contributed by atoms with E-state index in [0.717, 1.165) is 13.0 Å². The first-order chi connectivity index (χ1) is 9.11. The van der Waals surface area contributed by atoms with E-state index < -0.39 is 0 Å². The van der Waals surface area contributed by atoms with Gasteiger partial charge in [0.1, 0.15) is 0 Å². The summed E-state index contributed by atoms with van der Waals surface area (Å²) in [6.45, 7) is 1.37. The summed E-state index contributed by atoms with van der Waals surface area (Å²) in [5, 5.41) is 14.7. The van der Waals surface area contributed by atoms with Crippen LogP contribution in [0.15, 0.2) is 18.2 Å². The van der Waals surface area contributed by atoms with Crippen molar-refractivity contribution in [2.24, 2.45) is 5.92 Å². The smallest absolute Gasteiger partial charge is 0.274 e. The molecule has 1 aliphatic heterocycles. The predicted molar refractivity (Wildman–Crippen MR) is 73.6 cm³/mol. The molecule has 0 aliphatic carbocycles. The molecule has 1 fully saturated rings. The number of nitrogens with one attached hydrogen (secondary N) is 1. The average molecular weight is 285 g/mol. The number of hydrogen-bond donors (Lipinski definition) is 1. The van der Waals surface area contributed by atoms with E-state index in [1.54, 1.807) is 12.1 Å². The van der Waals surface area contributed by atoms with Crippen LogP contribution in [0.4, 0.5) is 5.69 Å². The van der Waals surface area contributed by atoms with Gasteiger partial charge in [0, 0.05) is 35.2 Å². The van der Waals surface area contributed by atoms with Crippen LogP contribution < -0.4 is 5.32 Å². The molecule has 0 saturated carbocycles. The SMILES string of the molecule is CNC1CCOCC1Cc1ccc(Cl)cc1[N+](=O)[O-]. The molecule has 2 unspecified atom stereocenters. The van der Waals surface area contributed by atoms with Gasteiger partial charge >= 0.3 is 0 Å². The molecule has 0 aromatic heterocycles. The zero-order valence-corrected chi connectivity index (χ0v) is 11.5. The van der Waals surface area contributed by atoms with Crippen LogP contribution in [0.1, 0.15) is 12.0 Å². The minimum Gasteiger partial charge on any atom is -0.381 e. The Morgan fingerprint density at radius 1 is 1.58 bits per heavy atom. The van der Waals surface area contributed by atoms with Crippen molar-refractivity contribution >= 4 is 17.3 Å². The largest absolute Gasteiger partial charge is 0.381 e. The second-order valence-electron chi connectivity index (χ2n) is 4.75. The molecule has 19 heavy (non-hydrogen) atoms. The number of rotatable bonds is 4. The van der Waals surface area contributed by atoms with Gasteiger partial charge in [-0.3, -0.25) is 10.1 Å². The Bertz CT molecular complexity index is 467. The van der Waals surface area contributed by atoms with Crippen molar-refractivity contribution in [3.05, 3.63) is 38.9 Å². The van der Waals surface area contributed by atoms with E-state index >= 15 is 0 Å². The van der Waals surface area contributed by atoms with Crippen LogP contribution in [0.2, 0.25) is 5.02 Å². The average Bonchev–Trinajstić information content (AvgIpc) is 2.41. The summed E-state index contributed by atoms with van der Waals surface area (Å²) in [7, 11) is 1.92. The Hall–Kier alpha value is -1.17. The summed E-state index contributed by atoms with van der Waals surface area (Å²) in [5.41, 5.74) is 0.804. The maximum Gasteiger partial charge on any atom is 0.274 e. The van der Waals surface area contributed by atoms with Gasteiger partial charge in [-0.1, -0.05) is 17.7 Å². The molecule has 0 bridgehead atoms. The Balaban J connectivity index is 2.20. The second-order valence-corrected chi connectivity index (χ2v) is 5.19. The van der Waals surface area contributed by atoms with Gasteiger partial charge in [0.15, 0.2) is 0 Å². The number of nitro benzene ring substituents is 1. The molecule has 1 aromatic rings. The first-order valence-corrected chi connectivity index (χ1v) is 6.67. The van der Waals surface area contributed by atoms with Crippen molar-refractivity contribution in [2.75, 3.05) is 20.3 Å². The molecule has 0 radical (unpaired) electrons. The fourth-order valence-corrected chi connectivity index (χ4v) is 2.71. The number of benzene rings is 1. The lowest BCUT2D eigenvalue weighted by Gasteiger charge is -2.31. The zero-order valence-electron chi connectivity index (χ0n) is 10.8. The molecule has 2 rings (SSSR count). The molecule has 2 atom stereocenters. The van der Waals surface area contributed by atoms with Gasteiger partial charge < -0.3 is 10.1 Å². The number of halogens is 1. The number of nitrogens with zero attached hydrogens (tertiary/aromatic N) is 1. The predicted octanol–water partition coefficient (Wildman–Crippen LogP) is 2.42. The van der Waals surface area contributed by atoms with Crippen molar-refractivity contribution in [1.29, 1.82) is 0 Å². The Kier molecular flexibility index (Phi) is 4.74. The molecular formula is C13H17ClN2O3. The normalized spacial score (nSPS) is 23.3. The van der Waals surface area contributed by atoms with Gasteiger partial charge in [-0.05, 0) is 26.0 Å². The van der Waals surface area contributed by atoms with Crippen LogP contribution in [0.5, 0.6) is 0 Å². The third-order valence-electron chi connectivity index (χ3n) is 3.57. The highest BCUT2D eigenvalue weighted by Gasteiger charge is 2.27. The topological polar surface area (TPSA) is 64.4 Å². The van der Waals surface area contributed by atoms with Crippen molar-refractivity contribution in [1.82, 2.24) is 5.32 Å². The summed E-state index contributed by atoms with van der Waals surface area (Å²) >= 11 is 5.82. The zero-order chi connectivity index (χ0) is 13.8.